The molecule has 0 bridgehead atoms. The number of hydrogen-bond donors (Lipinski definition) is 0. The van der Waals surface area contributed by atoms with Gasteiger partial charge in [0.05, 0.1) is 13.1 Å². The second-order valence-corrected chi connectivity index (χ2v) is 3.34. The van der Waals surface area contributed by atoms with Gasteiger partial charge in [-0.05, 0) is 11.1 Å². The highest BCUT2D eigenvalue weighted by Gasteiger charge is 2.79. The largest absolute Gasteiger partial charge is 0.378 e. The van der Waals surface area contributed by atoms with E-state index in [2.05, 4.69) is 0 Å². The Bertz CT molecular complexity index is 406. The summed E-state index contributed by atoms with van der Waals surface area (Å²) in [5.41, 5.74) is 15.3. The lowest BCUT2D eigenvalue weighted by Gasteiger charge is -2.35. The quantitative estimate of drug-likeness (QED) is 0.292. The summed E-state index contributed by atoms with van der Waals surface area (Å²) >= 11 is 0. The molecule has 0 unspecified atom stereocenters. The van der Waals surface area contributed by atoms with Gasteiger partial charge in [-0.3, -0.25) is 0 Å². The van der Waals surface area contributed by atoms with E-state index in [-0.39, 0.29) is 0 Å². The highest BCUT2D eigenvalue weighted by molar-refractivity contribution is 5.05. The van der Waals surface area contributed by atoms with E-state index in [1.165, 1.54) is 0 Å². The SMILES string of the molecule is [N-]=[N+]=NCC(F)(F)C(F)(F)C(F)(F)C(F)(F)CN=[N+]=[N-]. The lowest BCUT2D eigenvalue weighted by atomic mass is 9.98. The van der Waals surface area contributed by atoms with Crippen molar-refractivity contribution in [3.63, 3.8) is 0 Å². The zero-order valence-electron chi connectivity index (χ0n) is 9.12. The molecule has 14 heteroatoms. The average Bonchev–Trinajstić information content (AvgIpc) is 2.33. The van der Waals surface area contributed by atoms with Gasteiger partial charge in [0, 0.05) is 9.82 Å². The van der Waals surface area contributed by atoms with Crippen molar-refractivity contribution in [2.24, 2.45) is 10.2 Å². The van der Waals surface area contributed by atoms with Crippen molar-refractivity contribution in [2.45, 2.75) is 23.7 Å². The molecule has 0 aromatic rings. The molecule has 0 atom stereocenters. The summed E-state index contributed by atoms with van der Waals surface area (Å²) in [5, 5.41) is 3.92. The highest BCUT2D eigenvalue weighted by Crippen LogP contribution is 2.52. The molecule has 0 aromatic carbocycles. The fraction of sp³-hybridized carbons (Fsp3) is 1.00. The van der Waals surface area contributed by atoms with Gasteiger partial charge in [-0.1, -0.05) is 10.2 Å². The zero-order valence-corrected chi connectivity index (χ0v) is 9.12. The van der Waals surface area contributed by atoms with Crippen molar-refractivity contribution in [1.29, 1.82) is 0 Å². The van der Waals surface area contributed by atoms with E-state index >= 15 is 0 Å². The van der Waals surface area contributed by atoms with Gasteiger partial charge < -0.3 is 0 Å². The number of halogens is 8. The smallest absolute Gasteiger partial charge is 0.199 e. The molecule has 20 heavy (non-hydrogen) atoms. The van der Waals surface area contributed by atoms with Gasteiger partial charge in [0.15, 0.2) is 0 Å². The summed E-state index contributed by atoms with van der Waals surface area (Å²) in [5.74, 6) is -24.5. The molecule has 0 saturated carbocycles. The third kappa shape index (κ3) is 2.96. The van der Waals surface area contributed by atoms with E-state index in [4.69, 9.17) is 11.1 Å². The van der Waals surface area contributed by atoms with Gasteiger partial charge in [-0.15, -0.1) is 0 Å². The minimum Gasteiger partial charge on any atom is -0.199 e. The van der Waals surface area contributed by atoms with Gasteiger partial charge >= 0.3 is 23.7 Å². The molecule has 0 spiro atoms. The van der Waals surface area contributed by atoms with Crippen LogP contribution in [0.15, 0.2) is 10.2 Å². The topological polar surface area (TPSA) is 97.5 Å². The lowest BCUT2D eigenvalue weighted by Crippen LogP contribution is -2.63. The minimum atomic E-state index is -6.54. The predicted octanol–water partition coefficient (Wildman–Crippen LogP) is 4.15. The van der Waals surface area contributed by atoms with Crippen LogP contribution in [-0.2, 0) is 0 Å². The van der Waals surface area contributed by atoms with Gasteiger partial charge in [-0.2, -0.15) is 35.1 Å². The van der Waals surface area contributed by atoms with Gasteiger partial charge in [0.25, 0.3) is 0 Å². The summed E-state index contributed by atoms with van der Waals surface area (Å²) in [6, 6.07) is 0. The standard InChI is InChI=1S/C6H4F8N6/c7-3(8,1-17-19-15)5(11,12)6(13,14)4(9,10)2-18-20-16/h1-2H2. The fourth-order valence-corrected chi connectivity index (χ4v) is 0.899. The molecule has 114 valence electrons. The number of azide groups is 2. The average molecular weight is 312 g/mol. The van der Waals surface area contributed by atoms with E-state index in [0.717, 1.165) is 0 Å². The Hall–Kier alpha value is -1.94. The summed E-state index contributed by atoms with van der Waals surface area (Å²) in [6.07, 6.45) is 0. The molecule has 6 nitrogen and oxygen atoms in total. The Morgan fingerprint density at radius 1 is 0.650 bits per heavy atom. The van der Waals surface area contributed by atoms with E-state index in [0.29, 0.717) is 0 Å². The third-order valence-electron chi connectivity index (χ3n) is 1.98. The number of hydrogen-bond acceptors (Lipinski definition) is 2. The molecule has 0 N–H and O–H groups in total. The lowest BCUT2D eigenvalue weighted by molar-refractivity contribution is -0.360. The Balaban J connectivity index is 5.64. The van der Waals surface area contributed by atoms with Crippen LogP contribution in [0.1, 0.15) is 0 Å². The van der Waals surface area contributed by atoms with Crippen LogP contribution < -0.4 is 0 Å². The molecule has 0 rings (SSSR count). The normalized spacial score (nSPS) is 13.4. The molecule has 0 heterocycles. The molecule has 0 aliphatic heterocycles. The predicted molar refractivity (Wildman–Crippen MR) is 47.8 cm³/mol. The molecule has 0 saturated heterocycles. The van der Waals surface area contributed by atoms with E-state index < -0.39 is 36.8 Å². The third-order valence-corrected chi connectivity index (χ3v) is 1.98. The second-order valence-electron chi connectivity index (χ2n) is 3.34. The first-order chi connectivity index (χ1) is 8.87. The number of nitrogens with zero attached hydrogens (tertiary/aromatic N) is 6. The van der Waals surface area contributed by atoms with Crippen molar-refractivity contribution in [1.82, 2.24) is 0 Å². The first-order valence-corrected chi connectivity index (χ1v) is 4.40. The Morgan fingerprint density at radius 2 is 0.900 bits per heavy atom. The van der Waals surface area contributed by atoms with Crippen molar-refractivity contribution >= 4 is 0 Å². The van der Waals surface area contributed by atoms with Crippen molar-refractivity contribution < 1.29 is 35.1 Å². The Labute approximate surface area is 104 Å². The minimum absolute atomic E-state index is 1.64. The molecule has 0 aromatic heterocycles. The van der Waals surface area contributed by atoms with Crippen molar-refractivity contribution in [3.8, 4) is 0 Å². The van der Waals surface area contributed by atoms with Crippen LogP contribution in [0.4, 0.5) is 35.1 Å². The van der Waals surface area contributed by atoms with Gasteiger partial charge in [-0.25, -0.2) is 0 Å². The van der Waals surface area contributed by atoms with Crippen molar-refractivity contribution in [2.75, 3.05) is 13.1 Å². The number of alkyl halides is 8. The van der Waals surface area contributed by atoms with Crippen LogP contribution in [0.25, 0.3) is 20.9 Å². The van der Waals surface area contributed by atoms with Crippen LogP contribution in [0.3, 0.4) is 0 Å². The van der Waals surface area contributed by atoms with Gasteiger partial charge in [0.2, 0.25) is 0 Å². The highest BCUT2D eigenvalue weighted by atomic mass is 19.4. The summed E-state index contributed by atoms with van der Waals surface area (Å²) < 4.78 is 103. The molecule has 0 aliphatic rings. The molecular formula is C6H4F8N6. The monoisotopic (exact) mass is 312 g/mol. The van der Waals surface area contributed by atoms with Crippen LogP contribution in [0.5, 0.6) is 0 Å². The van der Waals surface area contributed by atoms with Gasteiger partial charge in [0.1, 0.15) is 0 Å². The van der Waals surface area contributed by atoms with E-state index in [1.54, 1.807) is 9.82 Å². The maximum Gasteiger partial charge on any atom is 0.378 e. The molecule has 0 fully saturated rings. The fourth-order valence-electron chi connectivity index (χ4n) is 0.899. The number of rotatable bonds is 7. The summed E-state index contributed by atoms with van der Waals surface area (Å²) in [4.78, 5) is 3.28. The second kappa shape index (κ2) is 5.59. The summed E-state index contributed by atoms with van der Waals surface area (Å²) in [7, 11) is 0. The Morgan fingerprint density at radius 3 is 1.10 bits per heavy atom. The van der Waals surface area contributed by atoms with E-state index in [1.807, 2.05) is 10.2 Å². The molecular weight excluding hydrogens is 308 g/mol. The van der Waals surface area contributed by atoms with Crippen LogP contribution in [-0.4, -0.2) is 36.8 Å². The summed E-state index contributed by atoms with van der Waals surface area (Å²) in [6.45, 7) is -4.91. The molecule has 0 aliphatic carbocycles. The maximum atomic E-state index is 12.9. The van der Waals surface area contributed by atoms with Crippen molar-refractivity contribution in [3.05, 3.63) is 20.9 Å². The maximum absolute atomic E-state index is 12.9. The van der Waals surface area contributed by atoms with Crippen LogP contribution in [0.2, 0.25) is 0 Å². The van der Waals surface area contributed by atoms with Crippen LogP contribution in [0, 0.1) is 0 Å². The molecule has 0 amide bonds. The first kappa shape index (κ1) is 18.1. The van der Waals surface area contributed by atoms with Crippen LogP contribution >= 0.6 is 0 Å². The molecule has 0 radical (unpaired) electrons. The van der Waals surface area contributed by atoms with E-state index in [9.17, 15) is 35.1 Å². The first-order valence-electron chi connectivity index (χ1n) is 4.40. The zero-order chi connectivity index (χ0) is 16.2. The Kier molecular flexibility index (Phi) is 5.05.